The summed E-state index contributed by atoms with van der Waals surface area (Å²) < 4.78 is 42.6. The molecule has 0 aliphatic rings. The van der Waals surface area contributed by atoms with Crippen LogP contribution in [0.2, 0.25) is 0 Å². The number of pyridine rings is 2. The van der Waals surface area contributed by atoms with Gasteiger partial charge in [0.2, 0.25) is 5.88 Å². The van der Waals surface area contributed by atoms with Gasteiger partial charge in [-0.3, -0.25) is 9.20 Å². The molecule has 0 aliphatic heterocycles. The number of rotatable bonds is 5. The van der Waals surface area contributed by atoms with E-state index in [2.05, 4.69) is 25.2 Å². The molecule has 1 N–H and O–H groups in total. The molecule has 1 unspecified atom stereocenters. The summed E-state index contributed by atoms with van der Waals surface area (Å²) in [6.45, 7) is 0.304. The Morgan fingerprint density at radius 2 is 2.08 bits per heavy atom. The van der Waals surface area contributed by atoms with Crippen LogP contribution < -0.4 is 10.1 Å². The molecule has 26 heavy (non-hydrogen) atoms. The van der Waals surface area contributed by atoms with E-state index in [1.807, 2.05) is 12.1 Å². The monoisotopic (exact) mass is 365 g/mol. The maximum atomic E-state index is 12.3. The van der Waals surface area contributed by atoms with E-state index < -0.39 is 24.7 Å². The summed E-state index contributed by atoms with van der Waals surface area (Å²) >= 11 is 0. The fraction of sp³-hybridized carbons (Fsp3) is 0.250. The summed E-state index contributed by atoms with van der Waals surface area (Å²) in [5.41, 5.74) is 0.835. The molecule has 0 spiro atoms. The van der Waals surface area contributed by atoms with Gasteiger partial charge in [-0.25, -0.2) is 4.98 Å². The standard InChI is InChI=1S/C16H14F3N5O2/c1-10(14-23-22-12-4-2-3-7-24(12)14)21-15(25)11-5-6-13(20-8-11)26-9-16(17,18)19/h2-8,10H,9H2,1H3,(H,21,25). The average Bonchev–Trinajstić information content (AvgIpc) is 3.04. The molecule has 3 heterocycles. The van der Waals surface area contributed by atoms with Gasteiger partial charge in [0.05, 0.1) is 11.6 Å². The van der Waals surface area contributed by atoms with Crippen molar-refractivity contribution < 1.29 is 22.7 Å². The Kier molecular flexibility index (Phi) is 4.74. The molecule has 0 saturated carbocycles. The molecular formula is C16H14F3N5O2. The number of amides is 1. The fourth-order valence-electron chi connectivity index (χ4n) is 2.26. The molecule has 3 aromatic heterocycles. The van der Waals surface area contributed by atoms with E-state index in [0.717, 1.165) is 6.20 Å². The van der Waals surface area contributed by atoms with Crippen LogP contribution in [0.3, 0.4) is 0 Å². The Bertz CT molecular complexity index is 908. The predicted octanol–water partition coefficient (Wildman–Crippen LogP) is 2.56. The molecule has 7 nitrogen and oxygen atoms in total. The lowest BCUT2D eigenvalue weighted by Gasteiger charge is -2.13. The lowest BCUT2D eigenvalue weighted by Crippen LogP contribution is -2.28. The molecule has 10 heteroatoms. The number of halogens is 3. The number of nitrogens with one attached hydrogen (secondary N) is 1. The molecule has 0 aliphatic carbocycles. The zero-order chi connectivity index (χ0) is 18.7. The van der Waals surface area contributed by atoms with Gasteiger partial charge in [-0.2, -0.15) is 13.2 Å². The van der Waals surface area contributed by atoms with Gasteiger partial charge in [-0.15, -0.1) is 10.2 Å². The maximum absolute atomic E-state index is 12.3. The number of fused-ring (bicyclic) bond motifs is 1. The van der Waals surface area contributed by atoms with Crippen molar-refractivity contribution in [2.75, 3.05) is 6.61 Å². The average molecular weight is 365 g/mol. The third-order valence-corrected chi connectivity index (χ3v) is 3.46. The number of carbonyl (C=O) groups excluding carboxylic acids is 1. The van der Waals surface area contributed by atoms with Crippen LogP contribution >= 0.6 is 0 Å². The van der Waals surface area contributed by atoms with Crippen molar-refractivity contribution in [3.05, 3.63) is 54.1 Å². The summed E-state index contributed by atoms with van der Waals surface area (Å²) in [5, 5.41) is 10.8. The summed E-state index contributed by atoms with van der Waals surface area (Å²) in [7, 11) is 0. The van der Waals surface area contributed by atoms with E-state index in [4.69, 9.17) is 0 Å². The van der Waals surface area contributed by atoms with Gasteiger partial charge in [0.25, 0.3) is 5.91 Å². The van der Waals surface area contributed by atoms with E-state index in [0.29, 0.717) is 11.5 Å². The normalized spacial score (nSPS) is 12.8. The molecule has 1 amide bonds. The van der Waals surface area contributed by atoms with Crippen molar-refractivity contribution in [3.63, 3.8) is 0 Å². The molecule has 0 fully saturated rings. The van der Waals surface area contributed by atoms with Crippen LogP contribution in [-0.2, 0) is 0 Å². The van der Waals surface area contributed by atoms with E-state index in [1.54, 1.807) is 23.6 Å². The van der Waals surface area contributed by atoms with E-state index in [-0.39, 0.29) is 11.4 Å². The first-order chi connectivity index (χ1) is 12.3. The van der Waals surface area contributed by atoms with Crippen molar-refractivity contribution in [1.82, 2.24) is 24.9 Å². The Balaban J connectivity index is 1.66. The Labute approximate surface area is 145 Å². The first-order valence-corrected chi connectivity index (χ1v) is 7.59. The second-order valence-corrected chi connectivity index (χ2v) is 5.47. The second kappa shape index (κ2) is 6.98. The summed E-state index contributed by atoms with van der Waals surface area (Å²) in [4.78, 5) is 16.0. The highest BCUT2D eigenvalue weighted by Gasteiger charge is 2.28. The fourth-order valence-corrected chi connectivity index (χ4v) is 2.26. The van der Waals surface area contributed by atoms with Crippen LogP contribution in [-0.4, -0.2) is 38.3 Å². The van der Waals surface area contributed by atoms with Gasteiger partial charge < -0.3 is 10.1 Å². The third kappa shape index (κ3) is 4.08. The quantitative estimate of drug-likeness (QED) is 0.752. The smallest absolute Gasteiger partial charge is 0.422 e. The number of hydrogen-bond donors (Lipinski definition) is 1. The SMILES string of the molecule is CC(NC(=O)c1ccc(OCC(F)(F)F)nc1)c1nnc2ccccn12. The predicted molar refractivity (Wildman–Crippen MR) is 84.7 cm³/mol. The van der Waals surface area contributed by atoms with Crippen molar-refractivity contribution in [2.24, 2.45) is 0 Å². The molecule has 0 saturated heterocycles. The topological polar surface area (TPSA) is 81.4 Å². The number of ether oxygens (including phenoxy) is 1. The second-order valence-electron chi connectivity index (χ2n) is 5.47. The van der Waals surface area contributed by atoms with Crippen molar-refractivity contribution in [2.45, 2.75) is 19.1 Å². The van der Waals surface area contributed by atoms with Crippen molar-refractivity contribution in [1.29, 1.82) is 0 Å². The number of aromatic nitrogens is 4. The van der Waals surface area contributed by atoms with E-state index in [1.165, 1.54) is 12.1 Å². The van der Waals surface area contributed by atoms with Gasteiger partial charge >= 0.3 is 6.18 Å². The number of nitrogens with zero attached hydrogens (tertiary/aromatic N) is 4. The van der Waals surface area contributed by atoms with Gasteiger partial charge in [-0.05, 0) is 25.1 Å². The first kappa shape index (κ1) is 17.6. The Morgan fingerprint density at radius 1 is 1.27 bits per heavy atom. The molecule has 3 aromatic rings. The number of carbonyl (C=O) groups is 1. The highest BCUT2D eigenvalue weighted by atomic mass is 19.4. The molecular weight excluding hydrogens is 351 g/mol. The molecule has 136 valence electrons. The molecule has 0 aromatic carbocycles. The largest absolute Gasteiger partial charge is 0.468 e. The molecule has 3 rings (SSSR count). The Morgan fingerprint density at radius 3 is 2.77 bits per heavy atom. The zero-order valence-corrected chi connectivity index (χ0v) is 13.6. The van der Waals surface area contributed by atoms with E-state index in [9.17, 15) is 18.0 Å². The molecule has 0 radical (unpaired) electrons. The van der Waals surface area contributed by atoms with Crippen LogP contribution in [0.25, 0.3) is 5.65 Å². The number of alkyl halides is 3. The minimum absolute atomic E-state index is 0.185. The van der Waals surface area contributed by atoms with Gasteiger partial charge in [0.15, 0.2) is 18.1 Å². The van der Waals surface area contributed by atoms with Crippen LogP contribution in [0.1, 0.15) is 29.1 Å². The maximum Gasteiger partial charge on any atom is 0.422 e. The van der Waals surface area contributed by atoms with Crippen LogP contribution in [0.5, 0.6) is 5.88 Å². The minimum Gasteiger partial charge on any atom is -0.468 e. The summed E-state index contributed by atoms with van der Waals surface area (Å²) in [6.07, 6.45) is -1.52. The van der Waals surface area contributed by atoms with Gasteiger partial charge in [0, 0.05) is 18.5 Å². The van der Waals surface area contributed by atoms with Crippen molar-refractivity contribution >= 4 is 11.6 Å². The summed E-state index contributed by atoms with van der Waals surface area (Å²) in [6, 6.07) is 7.53. The highest BCUT2D eigenvalue weighted by Crippen LogP contribution is 2.17. The lowest BCUT2D eigenvalue weighted by atomic mass is 10.2. The highest BCUT2D eigenvalue weighted by molar-refractivity contribution is 5.94. The third-order valence-electron chi connectivity index (χ3n) is 3.46. The van der Waals surface area contributed by atoms with Crippen LogP contribution in [0.4, 0.5) is 13.2 Å². The van der Waals surface area contributed by atoms with Crippen molar-refractivity contribution in [3.8, 4) is 5.88 Å². The molecule has 0 bridgehead atoms. The lowest BCUT2D eigenvalue weighted by molar-refractivity contribution is -0.154. The Hall–Kier alpha value is -3.17. The van der Waals surface area contributed by atoms with E-state index >= 15 is 0 Å². The van der Waals surface area contributed by atoms with Crippen LogP contribution in [0, 0.1) is 0 Å². The minimum atomic E-state index is -4.45. The van der Waals surface area contributed by atoms with Gasteiger partial charge in [-0.1, -0.05) is 6.07 Å². The zero-order valence-electron chi connectivity index (χ0n) is 13.6. The molecule has 1 atom stereocenters. The van der Waals surface area contributed by atoms with Gasteiger partial charge in [0.1, 0.15) is 0 Å². The first-order valence-electron chi connectivity index (χ1n) is 7.59. The van der Waals surface area contributed by atoms with Crippen LogP contribution in [0.15, 0.2) is 42.7 Å². The summed E-state index contributed by atoms with van der Waals surface area (Å²) in [5.74, 6) is -0.109. The number of hydrogen-bond acceptors (Lipinski definition) is 5.